The summed E-state index contributed by atoms with van der Waals surface area (Å²) < 4.78 is 10.2. The van der Waals surface area contributed by atoms with E-state index in [9.17, 15) is 4.79 Å². The van der Waals surface area contributed by atoms with Gasteiger partial charge in [-0.25, -0.2) is 9.97 Å². The summed E-state index contributed by atoms with van der Waals surface area (Å²) in [5, 5.41) is 2.76. The maximum absolute atomic E-state index is 11.5. The van der Waals surface area contributed by atoms with Crippen LogP contribution in [0, 0.1) is 0 Å². The number of rotatable bonds is 7. The number of ether oxygens (including phenoxy) is 2. The molecule has 22 heavy (non-hydrogen) atoms. The molecule has 0 bridgehead atoms. The Morgan fingerprint density at radius 2 is 2.00 bits per heavy atom. The number of carbonyl (C=O) groups is 1. The molecule has 0 spiro atoms. The molecule has 0 aliphatic carbocycles. The number of aromatic nitrogens is 2. The molecule has 0 aliphatic heterocycles. The van der Waals surface area contributed by atoms with Crippen LogP contribution in [0.3, 0.4) is 0 Å². The highest BCUT2D eigenvalue weighted by molar-refractivity contribution is 5.77. The smallest absolute Gasteiger partial charge is 0.246 e. The van der Waals surface area contributed by atoms with E-state index in [2.05, 4.69) is 15.3 Å². The van der Waals surface area contributed by atoms with E-state index in [0.29, 0.717) is 13.2 Å². The summed E-state index contributed by atoms with van der Waals surface area (Å²) in [6, 6.07) is 9.46. The van der Waals surface area contributed by atoms with Crippen LogP contribution in [0.5, 0.6) is 5.75 Å². The molecule has 1 heterocycles. The number of benzene rings is 1. The fourth-order valence-electron chi connectivity index (χ4n) is 1.85. The van der Waals surface area contributed by atoms with Crippen LogP contribution in [-0.4, -0.2) is 36.2 Å². The molecule has 1 N–H and O–H groups in total. The van der Waals surface area contributed by atoms with E-state index in [1.165, 1.54) is 6.33 Å². The highest BCUT2D eigenvalue weighted by Crippen LogP contribution is 2.20. The van der Waals surface area contributed by atoms with Crippen molar-refractivity contribution < 1.29 is 14.3 Å². The molecule has 116 valence electrons. The van der Waals surface area contributed by atoms with Gasteiger partial charge in [0.2, 0.25) is 5.91 Å². The number of hydrogen-bond donors (Lipinski definition) is 1. The van der Waals surface area contributed by atoms with E-state index in [1.54, 1.807) is 7.11 Å². The minimum atomic E-state index is -0.161. The molecular weight excluding hydrogens is 282 g/mol. The van der Waals surface area contributed by atoms with Gasteiger partial charge in [0.25, 0.3) is 0 Å². The van der Waals surface area contributed by atoms with Crippen molar-refractivity contribution >= 4 is 5.91 Å². The Morgan fingerprint density at radius 3 is 2.68 bits per heavy atom. The van der Waals surface area contributed by atoms with Crippen LogP contribution in [-0.2, 0) is 16.1 Å². The van der Waals surface area contributed by atoms with Crippen molar-refractivity contribution in [2.45, 2.75) is 13.5 Å². The highest BCUT2D eigenvalue weighted by Gasteiger charge is 2.05. The van der Waals surface area contributed by atoms with E-state index in [0.717, 1.165) is 22.7 Å². The van der Waals surface area contributed by atoms with Gasteiger partial charge in [0, 0.05) is 12.2 Å². The molecule has 0 fully saturated rings. The second-order valence-electron chi connectivity index (χ2n) is 4.54. The molecule has 0 atom stereocenters. The first-order chi connectivity index (χ1) is 10.7. The van der Waals surface area contributed by atoms with Crippen molar-refractivity contribution in [3.05, 3.63) is 42.4 Å². The third kappa shape index (κ3) is 4.53. The van der Waals surface area contributed by atoms with Gasteiger partial charge < -0.3 is 14.8 Å². The molecule has 2 aromatic rings. The summed E-state index contributed by atoms with van der Waals surface area (Å²) in [4.78, 5) is 19.9. The van der Waals surface area contributed by atoms with Gasteiger partial charge in [-0.1, -0.05) is 0 Å². The van der Waals surface area contributed by atoms with Crippen LogP contribution in [0.15, 0.2) is 36.7 Å². The molecule has 6 heteroatoms. The first-order valence-corrected chi connectivity index (χ1v) is 7.02. The molecule has 6 nitrogen and oxygen atoms in total. The SMILES string of the molecule is CCOCC(=O)NCc1cc(-c2ccc(OC)cc2)ncn1. The molecule has 0 unspecified atom stereocenters. The number of carbonyl (C=O) groups excluding carboxylic acids is 1. The molecule has 0 aliphatic rings. The topological polar surface area (TPSA) is 73.3 Å². The molecule has 0 saturated heterocycles. The number of hydrogen-bond acceptors (Lipinski definition) is 5. The second-order valence-corrected chi connectivity index (χ2v) is 4.54. The largest absolute Gasteiger partial charge is 0.497 e. The lowest BCUT2D eigenvalue weighted by Crippen LogP contribution is -2.27. The van der Waals surface area contributed by atoms with Gasteiger partial charge in [0.15, 0.2) is 0 Å². The maximum Gasteiger partial charge on any atom is 0.246 e. The summed E-state index contributed by atoms with van der Waals surface area (Å²) in [6.07, 6.45) is 1.49. The molecule has 2 rings (SSSR count). The minimum Gasteiger partial charge on any atom is -0.497 e. The Hall–Kier alpha value is -2.47. The summed E-state index contributed by atoms with van der Waals surface area (Å²) in [5.74, 6) is 0.632. The van der Waals surface area contributed by atoms with Gasteiger partial charge in [0.1, 0.15) is 18.7 Å². The normalized spacial score (nSPS) is 10.3. The maximum atomic E-state index is 11.5. The lowest BCUT2D eigenvalue weighted by Gasteiger charge is -2.07. The molecule has 0 saturated carbocycles. The average Bonchev–Trinajstić information content (AvgIpc) is 2.58. The van der Waals surface area contributed by atoms with Gasteiger partial charge in [-0.3, -0.25) is 4.79 Å². The number of methoxy groups -OCH3 is 1. The second kappa shape index (κ2) is 8.09. The zero-order valence-corrected chi connectivity index (χ0v) is 12.7. The lowest BCUT2D eigenvalue weighted by atomic mass is 10.1. The number of nitrogens with one attached hydrogen (secondary N) is 1. The Bertz CT molecular complexity index is 614. The van der Waals surface area contributed by atoms with Crippen LogP contribution in [0.25, 0.3) is 11.3 Å². The third-order valence-electron chi connectivity index (χ3n) is 3.01. The van der Waals surface area contributed by atoms with E-state index >= 15 is 0 Å². The molecule has 1 aromatic heterocycles. The Balaban J connectivity index is 2.01. The monoisotopic (exact) mass is 301 g/mol. The Labute approximate surface area is 129 Å². The van der Waals surface area contributed by atoms with E-state index < -0.39 is 0 Å². The standard InChI is InChI=1S/C16H19N3O3/c1-3-22-10-16(20)17-9-13-8-15(19-11-18-13)12-4-6-14(21-2)7-5-12/h4-8,11H,3,9-10H2,1-2H3,(H,17,20). The van der Waals surface area contributed by atoms with Gasteiger partial charge in [-0.05, 0) is 37.3 Å². The van der Waals surface area contributed by atoms with Gasteiger partial charge in [0.05, 0.1) is 25.0 Å². The van der Waals surface area contributed by atoms with E-state index in [-0.39, 0.29) is 12.5 Å². The Kier molecular flexibility index (Phi) is 5.85. The van der Waals surface area contributed by atoms with Crippen molar-refractivity contribution in [3.8, 4) is 17.0 Å². The molecule has 1 amide bonds. The molecule has 0 radical (unpaired) electrons. The van der Waals surface area contributed by atoms with Crippen LogP contribution in [0.4, 0.5) is 0 Å². The minimum absolute atomic E-state index is 0.0624. The van der Waals surface area contributed by atoms with Crippen molar-refractivity contribution in [1.82, 2.24) is 15.3 Å². The zero-order chi connectivity index (χ0) is 15.8. The van der Waals surface area contributed by atoms with Crippen LogP contribution in [0.1, 0.15) is 12.6 Å². The fourth-order valence-corrected chi connectivity index (χ4v) is 1.85. The van der Waals surface area contributed by atoms with Gasteiger partial charge in [-0.15, -0.1) is 0 Å². The first-order valence-electron chi connectivity index (χ1n) is 7.02. The summed E-state index contributed by atoms with van der Waals surface area (Å²) in [7, 11) is 1.63. The summed E-state index contributed by atoms with van der Waals surface area (Å²) >= 11 is 0. The van der Waals surface area contributed by atoms with E-state index in [4.69, 9.17) is 9.47 Å². The van der Waals surface area contributed by atoms with E-state index in [1.807, 2.05) is 37.3 Å². The lowest BCUT2D eigenvalue weighted by molar-refractivity contribution is -0.125. The van der Waals surface area contributed by atoms with Crippen LogP contribution < -0.4 is 10.1 Å². The number of amides is 1. The predicted octanol–water partition coefficient (Wildman–Crippen LogP) is 1.80. The van der Waals surface area contributed by atoms with Gasteiger partial charge >= 0.3 is 0 Å². The third-order valence-corrected chi connectivity index (χ3v) is 3.01. The highest BCUT2D eigenvalue weighted by atomic mass is 16.5. The summed E-state index contributed by atoms with van der Waals surface area (Å²) in [5.41, 5.74) is 2.50. The van der Waals surface area contributed by atoms with Crippen LogP contribution in [0.2, 0.25) is 0 Å². The van der Waals surface area contributed by atoms with Crippen molar-refractivity contribution in [2.75, 3.05) is 20.3 Å². The fraction of sp³-hybridized carbons (Fsp3) is 0.312. The first kappa shape index (κ1) is 15.9. The Morgan fingerprint density at radius 1 is 1.23 bits per heavy atom. The van der Waals surface area contributed by atoms with Crippen molar-refractivity contribution in [3.63, 3.8) is 0 Å². The molecule has 1 aromatic carbocycles. The van der Waals surface area contributed by atoms with Crippen molar-refractivity contribution in [2.24, 2.45) is 0 Å². The average molecular weight is 301 g/mol. The quantitative estimate of drug-likeness (QED) is 0.844. The van der Waals surface area contributed by atoms with Crippen LogP contribution >= 0.6 is 0 Å². The van der Waals surface area contributed by atoms with Crippen molar-refractivity contribution in [1.29, 1.82) is 0 Å². The summed E-state index contributed by atoms with van der Waals surface area (Å²) in [6.45, 7) is 2.77. The molecular formula is C16H19N3O3. The predicted molar refractivity (Wildman–Crippen MR) is 82.4 cm³/mol. The zero-order valence-electron chi connectivity index (χ0n) is 12.7. The number of nitrogens with zero attached hydrogens (tertiary/aromatic N) is 2. The van der Waals surface area contributed by atoms with Gasteiger partial charge in [-0.2, -0.15) is 0 Å².